The van der Waals surface area contributed by atoms with Gasteiger partial charge in [0.15, 0.2) is 5.96 Å². The topological polar surface area (TPSA) is 45.5 Å². The molecule has 3 rings (SSSR count). The lowest BCUT2D eigenvalue weighted by Gasteiger charge is -2.22. The zero-order valence-corrected chi connectivity index (χ0v) is 14.4. The van der Waals surface area contributed by atoms with Crippen LogP contribution in [0.15, 0.2) is 59.9 Å². The molecule has 1 aromatic carbocycles. The van der Waals surface area contributed by atoms with Gasteiger partial charge in [-0.1, -0.05) is 18.2 Å². The van der Waals surface area contributed by atoms with Crippen LogP contribution in [-0.4, -0.2) is 34.5 Å². The molecule has 2 aromatic heterocycles. The molecular formula is C19H23N5. The number of aromatic nitrogens is 2. The molecule has 0 saturated heterocycles. The molecule has 0 amide bonds. The van der Waals surface area contributed by atoms with Crippen molar-refractivity contribution in [3.8, 4) is 0 Å². The second-order valence-corrected chi connectivity index (χ2v) is 5.85. The van der Waals surface area contributed by atoms with Crippen LogP contribution in [0.25, 0.3) is 10.9 Å². The van der Waals surface area contributed by atoms with Crippen molar-refractivity contribution in [2.75, 3.05) is 14.1 Å². The third kappa shape index (κ3) is 3.40. The van der Waals surface area contributed by atoms with Gasteiger partial charge in [0.05, 0.1) is 12.1 Å². The van der Waals surface area contributed by atoms with E-state index in [-0.39, 0.29) is 0 Å². The molecule has 0 saturated carbocycles. The van der Waals surface area contributed by atoms with Gasteiger partial charge in [-0.3, -0.25) is 9.98 Å². The molecule has 0 radical (unpaired) electrons. The maximum atomic E-state index is 4.41. The van der Waals surface area contributed by atoms with Gasteiger partial charge >= 0.3 is 0 Å². The number of hydrogen-bond acceptors (Lipinski definition) is 2. The van der Waals surface area contributed by atoms with E-state index < -0.39 is 0 Å². The van der Waals surface area contributed by atoms with Crippen LogP contribution < -0.4 is 5.32 Å². The van der Waals surface area contributed by atoms with Gasteiger partial charge in [-0.25, -0.2) is 0 Å². The Balaban J connectivity index is 1.70. The van der Waals surface area contributed by atoms with Crippen molar-refractivity contribution < 1.29 is 0 Å². The monoisotopic (exact) mass is 321 g/mol. The summed E-state index contributed by atoms with van der Waals surface area (Å²) in [7, 11) is 5.92. The summed E-state index contributed by atoms with van der Waals surface area (Å²) in [6.07, 6.45) is 3.91. The summed E-state index contributed by atoms with van der Waals surface area (Å²) in [4.78, 5) is 10.9. The molecule has 5 nitrogen and oxygen atoms in total. The number of pyridine rings is 1. The second kappa shape index (κ2) is 7.17. The zero-order chi connectivity index (χ0) is 16.9. The molecule has 2 heterocycles. The van der Waals surface area contributed by atoms with Crippen LogP contribution in [0.5, 0.6) is 0 Å². The van der Waals surface area contributed by atoms with Crippen molar-refractivity contribution >= 4 is 16.9 Å². The van der Waals surface area contributed by atoms with E-state index in [0.29, 0.717) is 6.54 Å². The fourth-order valence-electron chi connectivity index (χ4n) is 2.85. The van der Waals surface area contributed by atoms with Crippen LogP contribution in [0.2, 0.25) is 0 Å². The third-order valence-electron chi connectivity index (χ3n) is 4.20. The third-order valence-corrected chi connectivity index (χ3v) is 4.20. The van der Waals surface area contributed by atoms with E-state index in [9.17, 15) is 0 Å². The van der Waals surface area contributed by atoms with Gasteiger partial charge in [0.2, 0.25) is 0 Å². The molecule has 24 heavy (non-hydrogen) atoms. The molecule has 0 atom stereocenters. The molecule has 0 spiro atoms. The van der Waals surface area contributed by atoms with Crippen molar-refractivity contribution in [2.45, 2.75) is 13.1 Å². The Morgan fingerprint density at radius 3 is 2.79 bits per heavy atom. The summed E-state index contributed by atoms with van der Waals surface area (Å²) < 4.78 is 2.13. The Labute approximate surface area is 142 Å². The molecule has 5 heteroatoms. The Morgan fingerprint density at radius 1 is 1.21 bits per heavy atom. The number of hydrogen-bond donors (Lipinski definition) is 1. The van der Waals surface area contributed by atoms with Crippen molar-refractivity contribution in [3.63, 3.8) is 0 Å². The molecule has 0 aliphatic heterocycles. The van der Waals surface area contributed by atoms with Crippen LogP contribution in [0.3, 0.4) is 0 Å². The number of para-hydroxylation sites is 1. The van der Waals surface area contributed by atoms with Crippen molar-refractivity contribution in [3.05, 3.63) is 66.1 Å². The number of aryl methyl sites for hydroxylation is 1. The first-order valence-electron chi connectivity index (χ1n) is 8.03. The minimum absolute atomic E-state index is 0.715. The highest BCUT2D eigenvalue weighted by Crippen LogP contribution is 2.16. The van der Waals surface area contributed by atoms with Crippen LogP contribution >= 0.6 is 0 Å². The fraction of sp³-hybridized carbons (Fsp3) is 0.263. The average molecular weight is 321 g/mol. The zero-order valence-electron chi connectivity index (χ0n) is 14.4. The van der Waals surface area contributed by atoms with Gasteiger partial charge in [-0.15, -0.1) is 0 Å². The van der Waals surface area contributed by atoms with Crippen molar-refractivity contribution in [1.29, 1.82) is 0 Å². The van der Waals surface area contributed by atoms with Gasteiger partial charge in [0.25, 0.3) is 0 Å². The van der Waals surface area contributed by atoms with Gasteiger partial charge < -0.3 is 14.8 Å². The number of guanidine groups is 1. The predicted octanol–water partition coefficient (Wildman–Crippen LogP) is 2.78. The molecule has 0 fully saturated rings. The number of benzene rings is 1. The van der Waals surface area contributed by atoms with E-state index in [1.165, 1.54) is 16.6 Å². The van der Waals surface area contributed by atoms with E-state index in [1.807, 2.05) is 38.5 Å². The second-order valence-electron chi connectivity index (χ2n) is 5.85. The van der Waals surface area contributed by atoms with Crippen LogP contribution in [-0.2, 0) is 20.1 Å². The Bertz CT molecular complexity index is 844. The van der Waals surface area contributed by atoms with Gasteiger partial charge in [-0.05, 0) is 29.8 Å². The number of fused-ring (bicyclic) bond motifs is 1. The highest BCUT2D eigenvalue weighted by molar-refractivity contribution is 5.83. The van der Waals surface area contributed by atoms with Gasteiger partial charge in [0, 0.05) is 51.2 Å². The normalized spacial score (nSPS) is 11.7. The lowest BCUT2D eigenvalue weighted by Crippen LogP contribution is -2.38. The summed E-state index contributed by atoms with van der Waals surface area (Å²) in [5.41, 5.74) is 3.48. The lowest BCUT2D eigenvalue weighted by molar-refractivity contribution is 0.462. The molecule has 0 unspecified atom stereocenters. The van der Waals surface area contributed by atoms with E-state index in [0.717, 1.165) is 18.0 Å². The van der Waals surface area contributed by atoms with Crippen LogP contribution in [0.4, 0.5) is 0 Å². The highest BCUT2D eigenvalue weighted by Gasteiger charge is 2.09. The maximum Gasteiger partial charge on any atom is 0.194 e. The lowest BCUT2D eigenvalue weighted by atomic mass is 10.1. The molecule has 0 bridgehead atoms. The Hall–Kier alpha value is -2.82. The number of nitrogens with one attached hydrogen (secondary N) is 1. The standard InChI is InChI=1S/C19H23N5/c1-20-19(24(3)14-16-7-6-12-23(16)2)22-13-15-10-11-21-18-9-5-4-8-17(15)18/h4-12H,13-14H2,1-3H3,(H,20,22). The summed E-state index contributed by atoms with van der Waals surface area (Å²) in [6.45, 7) is 1.52. The molecular weight excluding hydrogens is 298 g/mol. The van der Waals surface area contributed by atoms with Crippen LogP contribution in [0.1, 0.15) is 11.3 Å². The first-order chi connectivity index (χ1) is 11.7. The van der Waals surface area contributed by atoms with Crippen molar-refractivity contribution in [2.24, 2.45) is 12.0 Å². The highest BCUT2D eigenvalue weighted by atomic mass is 15.3. The first-order valence-corrected chi connectivity index (χ1v) is 8.03. The molecule has 124 valence electrons. The Kier molecular flexibility index (Phi) is 4.79. The van der Waals surface area contributed by atoms with Gasteiger partial charge in [0.1, 0.15) is 0 Å². The quantitative estimate of drug-likeness (QED) is 0.594. The molecule has 0 aliphatic rings. The summed E-state index contributed by atoms with van der Waals surface area (Å²) in [5.74, 6) is 0.872. The first kappa shape index (κ1) is 16.1. The molecule has 0 aliphatic carbocycles. The summed E-state index contributed by atoms with van der Waals surface area (Å²) >= 11 is 0. The minimum Gasteiger partial charge on any atom is -0.353 e. The van der Waals surface area contributed by atoms with Gasteiger partial charge in [-0.2, -0.15) is 0 Å². The average Bonchev–Trinajstić information content (AvgIpc) is 3.00. The van der Waals surface area contributed by atoms with E-state index in [4.69, 9.17) is 0 Å². The Morgan fingerprint density at radius 2 is 2.04 bits per heavy atom. The maximum absolute atomic E-state index is 4.41. The van der Waals surface area contributed by atoms with E-state index in [2.05, 4.69) is 62.3 Å². The van der Waals surface area contributed by atoms with Crippen molar-refractivity contribution in [1.82, 2.24) is 19.8 Å². The van der Waals surface area contributed by atoms with Crippen LogP contribution in [0, 0.1) is 0 Å². The predicted molar refractivity (Wildman–Crippen MR) is 98.8 cm³/mol. The smallest absolute Gasteiger partial charge is 0.194 e. The molecule has 3 aromatic rings. The largest absolute Gasteiger partial charge is 0.353 e. The fourth-order valence-corrected chi connectivity index (χ4v) is 2.85. The number of aliphatic imine (C=N–C) groups is 1. The number of nitrogens with zero attached hydrogens (tertiary/aromatic N) is 4. The molecule has 1 N–H and O–H groups in total. The van der Waals surface area contributed by atoms with E-state index in [1.54, 1.807) is 0 Å². The summed E-state index contributed by atoms with van der Waals surface area (Å²) in [5, 5.41) is 4.62. The van der Waals surface area contributed by atoms with E-state index >= 15 is 0 Å². The summed E-state index contributed by atoms with van der Waals surface area (Å²) in [6, 6.07) is 14.4. The minimum atomic E-state index is 0.715. The number of rotatable bonds is 4. The SMILES string of the molecule is CN=C(NCc1ccnc2ccccc12)N(C)Cc1cccn1C.